The number of anilines is 1. The van der Waals surface area contributed by atoms with E-state index >= 15 is 0 Å². The molecule has 0 bridgehead atoms. The van der Waals surface area contributed by atoms with Crippen LogP contribution < -0.4 is 4.90 Å². The summed E-state index contributed by atoms with van der Waals surface area (Å²) >= 11 is 3.02. The Balaban J connectivity index is 3.22. The van der Waals surface area contributed by atoms with Gasteiger partial charge in [-0.3, -0.25) is 4.79 Å². The molecule has 1 N–H and O–H groups in total. The predicted octanol–water partition coefficient (Wildman–Crippen LogP) is 4.16. The van der Waals surface area contributed by atoms with Crippen LogP contribution in [0.25, 0.3) is 0 Å². The Bertz CT molecular complexity index is 489. The van der Waals surface area contributed by atoms with Gasteiger partial charge in [0.2, 0.25) is 0 Å². The van der Waals surface area contributed by atoms with Gasteiger partial charge in [-0.2, -0.15) is 13.2 Å². The second kappa shape index (κ2) is 6.47. The van der Waals surface area contributed by atoms with Crippen molar-refractivity contribution in [1.82, 2.24) is 0 Å². The molecule has 0 aliphatic rings. The molecule has 0 aromatic heterocycles. The molecule has 0 atom stereocenters. The van der Waals surface area contributed by atoms with E-state index in [0.29, 0.717) is 4.47 Å². The molecule has 0 fully saturated rings. The fourth-order valence-electron chi connectivity index (χ4n) is 1.86. The average Bonchev–Trinajstić information content (AvgIpc) is 2.28. The van der Waals surface area contributed by atoms with Crippen LogP contribution in [0.5, 0.6) is 0 Å². The number of carboxylic acid groups (broad SMARTS) is 1. The van der Waals surface area contributed by atoms with Crippen molar-refractivity contribution in [3.63, 3.8) is 0 Å². The molecule has 0 spiro atoms. The highest BCUT2D eigenvalue weighted by atomic mass is 79.9. The van der Waals surface area contributed by atoms with E-state index in [1.165, 1.54) is 17.0 Å². The summed E-state index contributed by atoms with van der Waals surface area (Å²) in [6.45, 7) is 3.48. The van der Waals surface area contributed by atoms with Gasteiger partial charge in [-0.15, -0.1) is 0 Å². The van der Waals surface area contributed by atoms with Gasteiger partial charge in [-0.05, 0) is 32.0 Å². The number of alkyl halides is 3. The molecule has 20 heavy (non-hydrogen) atoms. The minimum atomic E-state index is -4.49. The topological polar surface area (TPSA) is 40.5 Å². The van der Waals surface area contributed by atoms with Crippen LogP contribution in [0.4, 0.5) is 18.9 Å². The van der Waals surface area contributed by atoms with Gasteiger partial charge in [0.1, 0.15) is 0 Å². The summed E-state index contributed by atoms with van der Waals surface area (Å²) < 4.78 is 39.6. The van der Waals surface area contributed by atoms with E-state index < -0.39 is 17.7 Å². The van der Waals surface area contributed by atoms with Crippen molar-refractivity contribution in [3.05, 3.63) is 28.2 Å². The van der Waals surface area contributed by atoms with E-state index in [4.69, 9.17) is 5.11 Å². The molecular weight excluding hydrogens is 339 g/mol. The Hall–Kier alpha value is -1.24. The van der Waals surface area contributed by atoms with E-state index in [2.05, 4.69) is 15.9 Å². The zero-order valence-corrected chi connectivity index (χ0v) is 12.6. The normalized spacial score (nSPS) is 11.8. The number of carbonyl (C=O) groups is 1. The maximum atomic E-state index is 13.1. The highest BCUT2D eigenvalue weighted by Gasteiger charge is 2.35. The molecule has 0 radical (unpaired) electrons. The van der Waals surface area contributed by atoms with Crippen LogP contribution in [0.2, 0.25) is 0 Å². The molecule has 1 rings (SSSR count). The van der Waals surface area contributed by atoms with Crippen molar-refractivity contribution >= 4 is 27.6 Å². The molecule has 3 nitrogen and oxygen atoms in total. The quantitative estimate of drug-likeness (QED) is 0.863. The Morgan fingerprint density at radius 2 is 2.00 bits per heavy atom. The van der Waals surface area contributed by atoms with E-state index in [1.54, 1.807) is 13.8 Å². The highest BCUT2D eigenvalue weighted by Crippen LogP contribution is 2.38. The van der Waals surface area contributed by atoms with Gasteiger partial charge in [0, 0.05) is 22.7 Å². The number of nitrogens with zero attached hydrogens (tertiary/aromatic N) is 1. The highest BCUT2D eigenvalue weighted by molar-refractivity contribution is 9.10. The number of aliphatic carboxylic acids is 1. The minimum Gasteiger partial charge on any atom is -0.481 e. The summed E-state index contributed by atoms with van der Waals surface area (Å²) in [6.07, 6.45) is -4.71. The van der Waals surface area contributed by atoms with Gasteiger partial charge < -0.3 is 10.0 Å². The number of benzene rings is 1. The number of hydrogen-bond donors (Lipinski definition) is 1. The maximum Gasteiger partial charge on any atom is 0.418 e. The van der Waals surface area contributed by atoms with Crippen molar-refractivity contribution in [3.8, 4) is 0 Å². The molecule has 1 aromatic carbocycles. The lowest BCUT2D eigenvalue weighted by Crippen LogP contribution is -2.34. The molecule has 0 amide bonds. The smallest absolute Gasteiger partial charge is 0.418 e. The molecule has 0 unspecified atom stereocenters. The number of hydrogen-bond acceptors (Lipinski definition) is 2. The van der Waals surface area contributed by atoms with Gasteiger partial charge >= 0.3 is 12.1 Å². The molecule has 0 saturated heterocycles. The predicted molar refractivity (Wildman–Crippen MR) is 73.9 cm³/mol. The van der Waals surface area contributed by atoms with Crippen LogP contribution in [0, 0.1) is 0 Å². The summed E-state index contributed by atoms with van der Waals surface area (Å²) in [5.74, 6) is -1.04. The Morgan fingerprint density at radius 1 is 1.40 bits per heavy atom. The maximum absolute atomic E-state index is 13.1. The van der Waals surface area contributed by atoms with Gasteiger partial charge in [-0.1, -0.05) is 15.9 Å². The second-order valence-corrected chi connectivity index (χ2v) is 5.51. The summed E-state index contributed by atoms with van der Waals surface area (Å²) in [4.78, 5) is 12.1. The van der Waals surface area contributed by atoms with Crippen LogP contribution in [-0.2, 0) is 11.0 Å². The lowest BCUT2D eigenvalue weighted by atomic mass is 10.1. The first-order valence-electron chi connectivity index (χ1n) is 5.98. The fraction of sp³-hybridized carbons (Fsp3) is 0.462. The SMILES string of the molecule is CC(C)N(CCC(=O)O)c1ccc(Br)cc1C(F)(F)F. The molecular formula is C13H15BrF3NO2. The van der Waals surface area contributed by atoms with Crippen LogP contribution in [0.1, 0.15) is 25.8 Å². The van der Waals surface area contributed by atoms with Crippen LogP contribution in [0.3, 0.4) is 0 Å². The first kappa shape index (κ1) is 16.8. The summed E-state index contributed by atoms with van der Waals surface area (Å²) in [6, 6.07) is 3.64. The lowest BCUT2D eigenvalue weighted by Gasteiger charge is -2.31. The first-order chi connectivity index (χ1) is 9.12. The van der Waals surface area contributed by atoms with E-state index in [-0.39, 0.29) is 24.7 Å². The van der Waals surface area contributed by atoms with Crippen molar-refractivity contribution in [1.29, 1.82) is 0 Å². The van der Waals surface area contributed by atoms with E-state index in [9.17, 15) is 18.0 Å². The van der Waals surface area contributed by atoms with Gasteiger partial charge in [-0.25, -0.2) is 0 Å². The molecule has 1 aromatic rings. The first-order valence-corrected chi connectivity index (χ1v) is 6.77. The van der Waals surface area contributed by atoms with Crippen molar-refractivity contribution in [2.75, 3.05) is 11.4 Å². The third kappa shape index (κ3) is 4.40. The van der Waals surface area contributed by atoms with Gasteiger partial charge in [0.05, 0.1) is 12.0 Å². The number of rotatable bonds is 5. The molecule has 0 aliphatic carbocycles. The monoisotopic (exact) mass is 353 g/mol. The largest absolute Gasteiger partial charge is 0.481 e. The average molecular weight is 354 g/mol. The van der Waals surface area contributed by atoms with Crippen LogP contribution in [0.15, 0.2) is 22.7 Å². The van der Waals surface area contributed by atoms with Crippen LogP contribution in [-0.4, -0.2) is 23.7 Å². The van der Waals surface area contributed by atoms with Gasteiger partial charge in [0.25, 0.3) is 0 Å². The fourth-order valence-corrected chi connectivity index (χ4v) is 2.22. The molecule has 7 heteroatoms. The Labute approximate surface area is 123 Å². The third-order valence-corrected chi connectivity index (χ3v) is 3.26. The Kier molecular flexibility index (Phi) is 5.44. The van der Waals surface area contributed by atoms with Crippen molar-refractivity contribution in [2.45, 2.75) is 32.5 Å². The standard InChI is InChI=1S/C13H15BrF3NO2/c1-8(2)18(6-5-12(19)20)11-4-3-9(14)7-10(11)13(15,16)17/h3-4,7-8H,5-6H2,1-2H3,(H,19,20). The molecule has 0 saturated carbocycles. The van der Waals surface area contributed by atoms with Crippen LogP contribution >= 0.6 is 15.9 Å². The lowest BCUT2D eigenvalue weighted by molar-refractivity contribution is -0.137. The number of halogens is 4. The van der Waals surface area contributed by atoms with E-state index in [1.807, 2.05) is 0 Å². The zero-order valence-electron chi connectivity index (χ0n) is 11.0. The third-order valence-electron chi connectivity index (χ3n) is 2.76. The summed E-state index contributed by atoms with van der Waals surface area (Å²) in [5, 5.41) is 8.71. The zero-order chi connectivity index (χ0) is 15.5. The summed E-state index contributed by atoms with van der Waals surface area (Å²) in [7, 11) is 0. The molecule has 0 heterocycles. The van der Waals surface area contributed by atoms with E-state index in [0.717, 1.165) is 6.07 Å². The van der Waals surface area contributed by atoms with Crippen molar-refractivity contribution < 1.29 is 23.1 Å². The molecule has 112 valence electrons. The minimum absolute atomic E-state index is 0.00282. The Morgan fingerprint density at radius 3 is 2.45 bits per heavy atom. The molecule has 0 aliphatic heterocycles. The second-order valence-electron chi connectivity index (χ2n) is 4.59. The van der Waals surface area contributed by atoms with Crippen molar-refractivity contribution in [2.24, 2.45) is 0 Å². The van der Waals surface area contributed by atoms with Gasteiger partial charge in [0.15, 0.2) is 0 Å². The summed E-state index contributed by atoms with van der Waals surface area (Å²) in [5.41, 5.74) is -0.775. The number of carboxylic acids is 1.